The van der Waals surface area contributed by atoms with E-state index in [9.17, 15) is 0 Å². The van der Waals surface area contributed by atoms with Gasteiger partial charge in [0.15, 0.2) is 11.5 Å². The molecule has 0 amide bonds. The van der Waals surface area contributed by atoms with E-state index in [1.165, 1.54) is 0 Å². The molecule has 1 aromatic rings. The van der Waals surface area contributed by atoms with Gasteiger partial charge in [0, 0.05) is 5.41 Å². The van der Waals surface area contributed by atoms with E-state index in [-0.39, 0.29) is 5.41 Å². The number of thiol groups is 1. The molecule has 0 unspecified atom stereocenters. The number of benzene rings is 1. The van der Waals surface area contributed by atoms with Crippen molar-refractivity contribution in [3.05, 3.63) is 24.3 Å². The number of hydrogen-bond acceptors (Lipinski definition) is 3. The third-order valence-corrected chi connectivity index (χ3v) is 3.05. The lowest BCUT2D eigenvalue weighted by atomic mass is 9.98. The number of rotatable bonds is 6. The van der Waals surface area contributed by atoms with E-state index in [1.54, 1.807) is 0 Å². The summed E-state index contributed by atoms with van der Waals surface area (Å²) in [7, 11) is 0. The van der Waals surface area contributed by atoms with Crippen LogP contribution in [-0.2, 0) is 0 Å². The average Bonchev–Trinajstić information content (AvgIpc) is 2.28. The summed E-state index contributed by atoms with van der Waals surface area (Å²) in [5.74, 6) is 2.41. The molecule has 0 saturated heterocycles. The number of ether oxygens (including phenoxy) is 2. The van der Waals surface area contributed by atoms with Crippen LogP contribution in [-0.4, -0.2) is 19.0 Å². The van der Waals surface area contributed by atoms with Crippen molar-refractivity contribution in [1.29, 1.82) is 0 Å². The van der Waals surface area contributed by atoms with Crippen molar-refractivity contribution in [2.45, 2.75) is 20.8 Å². The van der Waals surface area contributed by atoms with Crippen molar-refractivity contribution in [1.82, 2.24) is 0 Å². The van der Waals surface area contributed by atoms with Gasteiger partial charge in [-0.3, -0.25) is 0 Å². The number of hydrogen-bond donors (Lipinski definition) is 1. The molecule has 0 radical (unpaired) electrons. The average molecular weight is 240 g/mol. The first kappa shape index (κ1) is 13.2. The highest BCUT2D eigenvalue weighted by molar-refractivity contribution is 7.80. The van der Waals surface area contributed by atoms with Gasteiger partial charge >= 0.3 is 0 Å². The van der Waals surface area contributed by atoms with Crippen LogP contribution in [0.15, 0.2) is 24.3 Å². The minimum Gasteiger partial charge on any atom is -0.490 e. The summed E-state index contributed by atoms with van der Waals surface area (Å²) in [5.41, 5.74) is 0.0719. The Morgan fingerprint density at radius 3 is 2.19 bits per heavy atom. The van der Waals surface area contributed by atoms with Crippen molar-refractivity contribution in [2.75, 3.05) is 19.0 Å². The zero-order chi connectivity index (χ0) is 12.0. The second-order valence-corrected chi connectivity index (χ2v) is 4.81. The highest BCUT2D eigenvalue weighted by atomic mass is 32.1. The van der Waals surface area contributed by atoms with Crippen LogP contribution in [0.25, 0.3) is 0 Å². The minimum atomic E-state index is 0.0719. The summed E-state index contributed by atoms with van der Waals surface area (Å²) in [6.45, 7) is 7.51. The largest absolute Gasteiger partial charge is 0.490 e. The van der Waals surface area contributed by atoms with Crippen molar-refractivity contribution in [3.63, 3.8) is 0 Å². The Bertz CT molecular complexity index is 323. The molecule has 0 saturated carbocycles. The van der Waals surface area contributed by atoms with Gasteiger partial charge in [-0.25, -0.2) is 0 Å². The molecule has 0 aliphatic carbocycles. The van der Waals surface area contributed by atoms with E-state index < -0.39 is 0 Å². The predicted octanol–water partition coefficient (Wildman–Crippen LogP) is 3.42. The summed E-state index contributed by atoms with van der Waals surface area (Å²) in [6.07, 6.45) is 0. The molecule has 90 valence electrons. The molecular formula is C13H20O2S. The molecule has 0 fully saturated rings. The van der Waals surface area contributed by atoms with Crippen molar-refractivity contribution < 1.29 is 9.47 Å². The van der Waals surface area contributed by atoms with Gasteiger partial charge in [0.05, 0.1) is 13.2 Å². The molecule has 0 heterocycles. The van der Waals surface area contributed by atoms with Gasteiger partial charge in [0.25, 0.3) is 0 Å². The molecule has 0 atom stereocenters. The maximum Gasteiger partial charge on any atom is 0.161 e. The quantitative estimate of drug-likeness (QED) is 0.768. The fourth-order valence-corrected chi connectivity index (χ4v) is 1.25. The van der Waals surface area contributed by atoms with Gasteiger partial charge in [0.2, 0.25) is 0 Å². The Morgan fingerprint density at radius 1 is 1.12 bits per heavy atom. The first-order valence-corrected chi connectivity index (χ1v) is 6.18. The van der Waals surface area contributed by atoms with E-state index in [4.69, 9.17) is 9.47 Å². The van der Waals surface area contributed by atoms with Crippen LogP contribution >= 0.6 is 12.6 Å². The molecule has 0 aliphatic rings. The highest BCUT2D eigenvalue weighted by Gasteiger charge is 2.17. The Labute approximate surface area is 103 Å². The molecule has 1 rings (SSSR count). The first-order chi connectivity index (χ1) is 7.59. The van der Waals surface area contributed by atoms with Gasteiger partial charge in [-0.05, 0) is 24.8 Å². The highest BCUT2D eigenvalue weighted by Crippen LogP contribution is 2.28. The van der Waals surface area contributed by atoms with Crippen molar-refractivity contribution in [3.8, 4) is 11.5 Å². The third-order valence-electron chi connectivity index (χ3n) is 2.20. The summed E-state index contributed by atoms with van der Waals surface area (Å²) < 4.78 is 11.3. The molecule has 0 aliphatic heterocycles. The molecule has 0 aromatic heterocycles. The Kier molecular flexibility index (Phi) is 5.00. The SMILES string of the molecule is CCOc1ccccc1OCC(C)(C)CS. The zero-order valence-electron chi connectivity index (χ0n) is 10.2. The molecular weight excluding hydrogens is 220 g/mol. The second kappa shape index (κ2) is 6.04. The van der Waals surface area contributed by atoms with Crippen molar-refractivity contribution in [2.24, 2.45) is 5.41 Å². The fourth-order valence-electron chi connectivity index (χ4n) is 1.16. The number of para-hydroxylation sites is 2. The molecule has 0 spiro atoms. The van der Waals surface area contributed by atoms with Crippen LogP contribution in [0.1, 0.15) is 20.8 Å². The Balaban J connectivity index is 2.66. The standard InChI is InChI=1S/C13H20O2S/c1-4-14-11-7-5-6-8-12(11)15-9-13(2,3)10-16/h5-8,16H,4,9-10H2,1-3H3. The van der Waals surface area contributed by atoms with Crippen LogP contribution in [0, 0.1) is 5.41 Å². The first-order valence-electron chi connectivity index (χ1n) is 5.54. The van der Waals surface area contributed by atoms with Gasteiger partial charge in [-0.1, -0.05) is 26.0 Å². The van der Waals surface area contributed by atoms with Crippen LogP contribution in [0.4, 0.5) is 0 Å². The predicted molar refractivity (Wildman–Crippen MR) is 70.7 cm³/mol. The molecule has 1 aromatic carbocycles. The molecule has 0 N–H and O–H groups in total. The summed E-state index contributed by atoms with van der Waals surface area (Å²) >= 11 is 4.30. The van der Waals surface area contributed by atoms with E-state index >= 15 is 0 Å². The summed E-state index contributed by atoms with van der Waals surface area (Å²) in [5, 5.41) is 0. The van der Waals surface area contributed by atoms with Crippen molar-refractivity contribution >= 4 is 12.6 Å². The van der Waals surface area contributed by atoms with Crippen LogP contribution < -0.4 is 9.47 Å². The molecule has 3 heteroatoms. The van der Waals surface area contributed by atoms with E-state index in [0.29, 0.717) is 13.2 Å². The maximum atomic E-state index is 5.77. The second-order valence-electron chi connectivity index (χ2n) is 4.49. The lowest BCUT2D eigenvalue weighted by molar-refractivity contribution is 0.192. The minimum absolute atomic E-state index is 0.0719. The Morgan fingerprint density at radius 2 is 1.69 bits per heavy atom. The van der Waals surface area contributed by atoms with Gasteiger partial charge in [-0.2, -0.15) is 12.6 Å². The van der Waals surface area contributed by atoms with Gasteiger partial charge in [-0.15, -0.1) is 0 Å². The monoisotopic (exact) mass is 240 g/mol. The lowest BCUT2D eigenvalue weighted by Gasteiger charge is -2.23. The fraction of sp³-hybridized carbons (Fsp3) is 0.538. The van der Waals surface area contributed by atoms with Crippen LogP contribution in [0.2, 0.25) is 0 Å². The van der Waals surface area contributed by atoms with Crippen LogP contribution in [0.3, 0.4) is 0 Å². The molecule has 2 nitrogen and oxygen atoms in total. The van der Waals surface area contributed by atoms with Crippen LogP contribution in [0.5, 0.6) is 11.5 Å². The topological polar surface area (TPSA) is 18.5 Å². The summed E-state index contributed by atoms with van der Waals surface area (Å²) in [4.78, 5) is 0. The van der Waals surface area contributed by atoms with E-state index in [1.807, 2.05) is 31.2 Å². The van der Waals surface area contributed by atoms with Gasteiger partial charge in [0.1, 0.15) is 0 Å². The summed E-state index contributed by atoms with van der Waals surface area (Å²) in [6, 6.07) is 7.75. The van der Waals surface area contributed by atoms with E-state index in [2.05, 4.69) is 26.5 Å². The molecule has 16 heavy (non-hydrogen) atoms. The molecule has 0 bridgehead atoms. The zero-order valence-corrected chi connectivity index (χ0v) is 11.1. The third kappa shape index (κ3) is 3.97. The smallest absolute Gasteiger partial charge is 0.161 e. The normalized spacial score (nSPS) is 11.2. The lowest BCUT2D eigenvalue weighted by Crippen LogP contribution is -2.23. The van der Waals surface area contributed by atoms with E-state index in [0.717, 1.165) is 17.3 Å². The Hall–Kier alpha value is -0.830. The maximum absolute atomic E-state index is 5.77. The van der Waals surface area contributed by atoms with Gasteiger partial charge < -0.3 is 9.47 Å².